The van der Waals surface area contributed by atoms with Crippen LogP contribution < -0.4 is 11.1 Å². The van der Waals surface area contributed by atoms with Crippen LogP contribution in [-0.4, -0.2) is 17.1 Å². The number of amides is 1. The number of carbonyl (C=O) groups excluding carboxylic acids is 1. The molecule has 2 rings (SSSR count). The van der Waals surface area contributed by atoms with E-state index in [4.69, 9.17) is 5.73 Å². The third kappa shape index (κ3) is 4.41. The van der Waals surface area contributed by atoms with E-state index in [1.807, 2.05) is 42.5 Å². The van der Waals surface area contributed by atoms with Gasteiger partial charge in [0.05, 0.1) is 12.6 Å². The second kappa shape index (κ2) is 7.57. The molecule has 4 N–H and O–H groups in total. The maximum Gasteiger partial charge on any atom is 0.241 e. The predicted octanol–water partition coefficient (Wildman–Crippen LogP) is 2.08. The normalized spacial score (nSPS) is 11.9. The van der Waals surface area contributed by atoms with E-state index in [0.717, 1.165) is 12.0 Å². The molecule has 0 aliphatic heterocycles. The van der Waals surface area contributed by atoms with Crippen molar-refractivity contribution in [3.63, 3.8) is 0 Å². The van der Waals surface area contributed by atoms with Crippen molar-refractivity contribution in [2.24, 2.45) is 5.73 Å². The molecule has 0 saturated heterocycles. The molecule has 0 saturated carbocycles. The molecule has 2 aromatic rings. The van der Waals surface area contributed by atoms with Gasteiger partial charge < -0.3 is 16.2 Å². The molecule has 0 radical (unpaired) electrons. The Kier molecular flexibility index (Phi) is 5.49. The highest BCUT2D eigenvalue weighted by Crippen LogP contribution is 2.15. The van der Waals surface area contributed by atoms with E-state index in [9.17, 15) is 9.90 Å². The first-order chi connectivity index (χ1) is 10.2. The molecule has 4 heteroatoms. The summed E-state index contributed by atoms with van der Waals surface area (Å²) < 4.78 is 0. The lowest BCUT2D eigenvalue weighted by Gasteiger charge is -2.14. The number of hydrogen-bond acceptors (Lipinski definition) is 3. The number of anilines is 1. The lowest BCUT2D eigenvalue weighted by atomic mass is 10.1. The van der Waals surface area contributed by atoms with E-state index in [-0.39, 0.29) is 12.5 Å². The zero-order valence-corrected chi connectivity index (χ0v) is 11.8. The van der Waals surface area contributed by atoms with Gasteiger partial charge in [-0.2, -0.15) is 0 Å². The van der Waals surface area contributed by atoms with Gasteiger partial charge in [-0.25, -0.2) is 0 Å². The lowest BCUT2D eigenvalue weighted by molar-refractivity contribution is -0.117. The summed E-state index contributed by atoms with van der Waals surface area (Å²) in [7, 11) is 0. The van der Waals surface area contributed by atoms with E-state index < -0.39 is 6.04 Å². The Labute approximate surface area is 124 Å². The standard InChI is InChI=1S/C17H20N2O2/c18-15(11-10-13-6-2-1-3-7-13)17(21)19-16-9-5-4-8-14(16)12-20/h1-9,15,20H,10-12,18H2,(H,19,21)/t15-/m0/s1. The van der Waals surface area contributed by atoms with Crippen LogP contribution >= 0.6 is 0 Å². The van der Waals surface area contributed by atoms with E-state index >= 15 is 0 Å². The van der Waals surface area contributed by atoms with Crippen LogP contribution in [0.2, 0.25) is 0 Å². The molecule has 0 heterocycles. The van der Waals surface area contributed by atoms with Gasteiger partial charge in [-0.15, -0.1) is 0 Å². The maximum atomic E-state index is 12.1. The minimum absolute atomic E-state index is 0.115. The van der Waals surface area contributed by atoms with Crippen molar-refractivity contribution < 1.29 is 9.90 Å². The van der Waals surface area contributed by atoms with E-state index in [2.05, 4.69) is 5.32 Å². The Morgan fingerprint density at radius 3 is 2.48 bits per heavy atom. The summed E-state index contributed by atoms with van der Waals surface area (Å²) in [4.78, 5) is 12.1. The lowest BCUT2D eigenvalue weighted by Crippen LogP contribution is -2.36. The molecule has 1 amide bonds. The highest BCUT2D eigenvalue weighted by Gasteiger charge is 2.14. The molecule has 21 heavy (non-hydrogen) atoms. The SMILES string of the molecule is N[C@@H](CCc1ccccc1)C(=O)Nc1ccccc1CO. The van der Waals surface area contributed by atoms with Crippen molar-refractivity contribution in [2.45, 2.75) is 25.5 Å². The van der Waals surface area contributed by atoms with Gasteiger partial charge >= 0.3 is 0 Å². The number of rotatable bonds is 6. The molecule has 0 bridgehead atoms. The van der Waals surface area contributed by atoms with Crippen molar-refractivity contribution >= 4 is 11.6 Å². The van der Waals surface area contributed by atoms with Gasteiger partial charge in [0.25, 0.3) is 0 Å². The van der Waals surface area contributed by atoms with Gasteiger partial charge in [-0.05, 0) is 24.5 Å². The topological polar surface area (TPSA) is 75.4 Å². The van der Waals surface area contributed by atoms with Crippen LogP contribution in [0.15, 0.2) is 54.6 Å². The number of nitrogens with two attached hydrogens (primary N) is 1. The summed E-state index contributed by atoms with van der Waals surface area (Å²) in [5, 5.41) is 12.0. The highest BCUT2D eigenvalue weighted by atomic mass is 16.3. The largest absolute Gasteiger partial charge is 0.392 e. The van der Waals surface area contributed by atoms with E-state index in [1.54, 1.807) is 12.1 Å². The van der Waals surface area contributed by atoms with Gasteiger partial charge in [0.2, 0.25) is 5.91 Å². The fourth-order valence-electron chi connectivity index (χ4n) is 2.10. The summed E-state index contributed by atoms with van der Waals surface area (Å²) in [5.41, 5.74) is 8.39. The highest BCUT2D eigenvalue weighted by molar-refractivity contribution is 5.95. The zero-order valence-electron chi connectivity index (χ0n) is 11.8. The number of aryl methyl sites for hydroxylation is 1. The van der Waals surface area contributed by atoms with Gasteiger partial charge in [0.15, 0.2) is 0 Å². The number of aliphatic hydroxyl groups excluding tert-OH is 1. The van der Waals surface area contributed by atoms with Crippen molar-refractivity contribution in [1.82, 2.24) is 0 Å². The quantitative estimate of drug-likeness (QED) is 0.760. The minimum atomic E-state index is -0.572. The Hall–Kier alpha value is -2.17. The first-order valence-electron chi connectivity index (χ1n) is 7.00. The molecule has 0 unspecified atom stereocenters. The van der Waals surface area contributed by atoms with Crippen molar-refractivity contribution in [3.05, 3.63) is 65.7 Å². The van der Waals surface area contributed by atoms with Crippen LogP contribution in [0.5, 0.6) is 0 Å². The first-order valence-corrected chi connectivity index (χ1v) is 7.00. The summed E-state index contributed by atoms with van der Waals surface area (Å²) in [6, 6.07) is 16.5. The molecule has 1 atom stereocenters. The van der Waals surface area contributed by atoms with E-state index in [0.29, 0.717) is 17.7 Å². The van der Waals surface area contributed by atoms with Crippen molar-refractivity contribution in [2.75, 3.05) is 5.32 Å². The number of carbonyl (C=O) groups is 1. The second-order valence-electron chi connectivity index (χ2n) is 4.94. The van der Waals surface area contributed by atoms with Gasteiger partial charge in [-0.3, -0.25) is 4.79 Å². The molecule has 0 fully saturated rings. The number of benzene rings is 2. The van der Waals surface area contributed by atoms with Crippen LogP contribution in [0.4, 0.5) is 5.69 Å². The molecular formula is C17H20N2O2. The Bertz CT molecular complexity index is 584. The third-order valence-corrected chi connectivity index (χ3v) is 3.37. The Morgan fingerprint density at radius 1 is 1.10 bits per heavy atom. The van der Waals surface area contributed by atoms with Crippen LogP contribution in [-0.2, 0) is 17.8 Å². The average molecular weight is 284 g/mol. The number of aliphatic hydroxyl groups is 1. The van der Waals surface area contributed by atoms with Crippen LogP contribution in [0, 0.1) is 0 Å². The molecule has 0 aliphatic carbocycles. The number of hydrogen-bond donors (Lipinski definition) is 3. The molecule has 4 nitrogen and oxygen atoms in total. The second-order valence-corrected chi connectivity index (χ2v) is 4.94. The summed E-state index contributed by atoms with van der Waals surface area (Å²) in [5.74, 6) is -0.230. The molecule has 110 valence electrons. The summed E-state index contributed by atoms with van der Waals surface area (Å²) in [6.07, 6.45) is 1.34. The summed E-state index contributed by atoms with van der Waals surface area (Å²) >= 11 is 0. The fourth-order valence-corrected chi connectivity index (χ4v) is 2.10. The number of nitrogens with one attached hydrogen (secondary N) is 1. The van der Waals surface area contributed by atoms with Gasteiger partial charge in [-0.1, -0.05) is 48.5 Å². The summed E-state index contributed by atoms with van der Waals surface area (Å²) in [6.45, 7) is -0.115. The van der Waals surface area contributed by atoms with Crippen molar-refractivity contribution in [1.29, 1.82) is 0 Å². The minimum Gasteiger partial charge on any atom is -0.392 e. The first kappa shape index (κ1) is 15.2. The smallest absolute Gasteiger partial charge is 0.241 e. The Balaban J connectivity index is 1.90. The molecule has 2 aromatic carbocycles. The zero-order chi connectivity index (χ0) is 15.1. The van der Waals surface area contributed by atoms with Gasteiger partial charge in [0.1, 0.15) is 0 Å². The number of para-hydroxylation sites is 1. The molecular weight excluding hydrogens is 264 g/mol. The maximum absolute atomic E-state index is 12.1. The van der Waals surface area contributed by atoms with Gasteiger partial charge in [0, 0.05) is 11.3 Å². The van der Waals surface area contributed by atoms with Crippen LogP contribution in [0.25, 0.3) is 0 Å². The van der Waals surface area contributed by atoms with Crippen molar-refractivity contribution in [3.8, 4) is 0 Å². The van der Waals surface area contributed by atoms with Crippen LogP contribution in [0.1, 0.15) is 17.5 Å². The average Bonchev–Trinajstić information content (AvgIpc) is 2.54. The molecule has 0 spiro atoms. The predicted molar refractivity (Wildman–Crippen MR) is 83.7 cm³/mol. The molecule has 0 aromatic heterocycles. The monoisotopic (exact) mass is 284 g/mol. The fraction of sp³-hybridized carbons (Fsp3) is 0.235. The molecule has 0 aliphatic rings. The van der Waals surface area contributed by atoms with E-state index in [1.165, 1.54) is 0 Å². The third-order valence-electron chi connectivity index (χ3n) is 3.37. The Morgan fingerprint density at radius 2 is 1.76 bits per heavy atom. The van der Waals surface area contributed by atoms with Crippen LogP contribution in [0.3, 0.4) is 0 Å².